The number of amides is 1. The van der Waals surface area contributed by atoms with Gasteiger partial charge in [-0.1, -0.05) is 0 Å². The molecular weight excluding hydrogens is 216 g/mol. The molecule has 0 aliphatic heterocycles. The summed E-state index contributed by atoms with van der Waals surface area (Å²) in [6, 6.07) is 0. The first-order valence-electron chi connectivity index (χ1n) is 5.09. The molecule has 0 radical (unpaired) electrons. The quantitative estimate of drug-likeness (QED) is 0.781. The van der Waals surface area contributed by atoms with Gasteiger partial charge in [0.2, 0.25) is 0 Å². The van der Waals surface area contributed by atoms with E-state index in [-0.39, 0.29) is 18.5 Å². The monoisotopic (exact) mass is 236 g/mol. The SMILES string of the molecule is CC(C)(C)OC(=O)NC[C@@H]1C[C@H]1CN.Cl. The number of hydrogen-bond acceptors (Lipinski definition) is 3. The normalized spacial score (nSPS) is 24.0. The molecule has 0 heterocycles. The molecule has 4 nitrogen and oxygen atoms in total. The van der Waals surface area contributed by atoms with Crippen LogP contribution in [0.2, 0.25) is 0 Å². The summed E-state index contributed by atoms with van der Waals surface area (Å²) in [7, 11) is 0. The summed E-state index contributed by atoms with van der Waals surface area (Å²) >= 11 is 0. The Kier molecular flexibility index (Phi) is 5.38. The highest BCUT2D eigenvalue weighted by Crippen LogP contribution is 2.36. The van der Waals surface area contributed by atoms with E-state index in [1.807, 2.05) is 20.8 Å². The molecule has 0 saturated heterocycles. The molecule has 5 heteroatoms. The van der Waals surface area contributed by atoms with Crippen LogP contribution in [0.1, 0.15) is 27.2 Å². The second-order valence-electron chi connectivity index (χ2n) is 4.87. The minimum absolute atomic E-state index is 0. The van der Waals surface area contributed by atoms with Gasteiger partial charge in [-0.05, 0) is 45.6 Å². The van der Waals surface area contributed by atoms with Crippen molar-refractivity contribution in [3.63, 3.8) is 0 Å². The van der Waals surface area contributed by atoms with Gasteiger partial charge in [0.1, 0.15) is 5.60 Å². The molecular formula is C10H21ClN2O2. The van der Waals surface area contributed by atoms with E-state index in [2.05, 4.69) is 5.32 Å². The molecule has 0 aromatic carbocycles. The maximum Gasteiger partial charge on any atom is 0.407 e. The first-order chi connectivity index (χ1) is 6.42. The highest BCUT2D eigenvalue weighted by Gasteiger charge is 2.35. The minimum Gasteiger partial charge on any atom is -0.444 e. The van der Waals surface area contributed by atoms with Crippen LogP contribution in [0.4, 0.5) is 4.79 Å². The Balaban J connectivity index is 0.00000196. The summed E-state index contributed by atoms with van der Waals surface area (Å²) < 4.78 is 5.10. The van der Waals surface area contributed by atoms with Crippen LogP contribution in [0.3, 0.4) is 0 Å². The van der Waals surface area contributed by atoms with Crippen molar-refractivity contribution in [2.45, 2.75) is 32.8 Å². The predicted molar refractivity (Wildman–Crippen MR) is 62.1 cm³/mol. The Labute approximate surface area is 97.3 Å². The molecule has 1 aliphatic carbocycles. The lowest BCUT2D eigenvalue weighted by atomic mass is 10.2. The number of rotatable bonds is 3. The maximum atomic E-state index is 11.2. The predicted octanol–water partition coefficient (Wildman–Crippen LogP) is 1.53. The number of halogens is 1. The molecule has 0 spiro atoms. The highest BCUT2D eigenvalue weighted by molar-refractivity contribution is 5.85. The molecule has 1 fully saturated rings. The van der Waals surface area contributed by atoms with Gasteiger partial charge in [0.25, 0.3) is 0 Å². The summed E-state index contributed by atoms with van der Waals surface area (Å²) in [6.45, 7) is 6.97. The largest absolute Gasteiger partial charge is 0.444 e. The van der Waals surface area contributed by atoms with Crippen molar-refractivity contribution < 1.29 is 9.53 Å². The molecule has 90 valence electrons. The number of hydrogen-bond donors (Lipinski definition) is 2. The van der Waals surface area contributed by atoms with E-state index >= 15 is 0 Å². The van der Waals surface area contributed by atoms with Gasteiger partial charge in [0, 0.05) is 6.54 Å². The third kappa shape index (κ3) is 5.85. The molecule has 1 amide bonds. The van der Waals surface area contributed by atoms with Crippen molar-refractivity contribution >= 4 is 18.5 Å². The Bertz CT molecular complexity index is 216. The number of nitrogens with one attached hydrogen (secondary N) is 1. The van der Waals surface area contributed by atoms with Crippen LogP contribution in [0.25, 0.3) is 0 Å². The lowest BCUT2D eigenvalue weighted by Gasteiger charge is -2.19. The standard InChI is InChI=1S/C10H20N2O2.ClH/c1-10(2,3)14-9(13)12-6-8-4-7(8)5-11;/h7-8H,4-6,11H2,1-3H3,(H,12,13);1H/t7-,8-;/m0./s1. The molecule has 0 unspecified atom stereocenters. The van der Waals surface area contributed by atoms with Crippen molar-refractivity contribution in [3.8, 4) is 0 Å². The van der Waals surface area contributed by atoms with E-state index in [0.29, 0.717) is 18.4 Å². The molecule has 3 N–H and O–H groups in total. The van der Waals surface area contributed by atoms with Crippen molar-refractivity contribution in [1.29, 1.82) is 0 Å². The van der Waals surface area contributed by atoms with Crippen molar-refractivity contribution in [3.05, 3.63) is 0 Å². The molecule has 1 aliphatic rings. The lowest BCUT2D eigenvalue weighted by molar-refractivity contribution is 0.0524. The first kappa shape index (κ1) is 14.5. The third-order valence-corrected chi connectivity index (χ3v) is 2.28. The minimum atomic E-state index is -0.416. The molecule has 1 rings (SSSR count). The second kappa shape index (κ2) is 5.56. The van der Waals surface area contributed by atoms with Crippen molar-refractivity contribution in [2.24, 2.45) is 17.6 Å². The molecule has 0 bridgehead atoms. The van der Waals surface area contributed by atoms with Gasteiger partial charge < -0.3 is 15.8 Å². The molecule has 0 aromatic rings. The van der Waals surface area contributed by atoms with Crippen molar-refractivity contribution in [2.75, 3.05) is 13.1 Å². The van der Waals surface area contributed by atoms with Gasteiger partial charge in [0.15, 0.2) is 0 Å². The van der Waals surface area contributed by atoms with Crippen LogP contribution < -0.4 is 11.1 Å². The van der Waals surface area contributed by atoms with Crippen LogP contribution in [0.15, 0.2) is 0 Å². The van der Waals surface area contributed by atoms with E-state index in [0.717, 1.165) is 13.0 Å². The average Bonchev–Trinajstić information content (AvgIpc) is 2.76. The van der Waals surface area contributed by atoms with Gasteiger partial charge in [-0.15, -0.1) is 12.4 Å². The van der Waals surface area contributed by atoms with E-state index in [9.17, 15) is 4.79 Å². The lowest BCUT2D eigenvalue weighted by Crippen LogP contribution is -2.33. The number of carbonyl (C=O) groups excluding carboxylic acids is 1. The average molecular weight is 237 g/mol. The third-order valence-electron chi connectivity index (χ3n) is 2.28. The smallest absolute Gasteiger partial charge is 0.407 e. The van der Waals surface area contributed by atoms with Gasteiger partial charge in [0.05, 0.1) is 0 Å². The first-order valence-corrected chi connectivity index (χ1v) is 5.09. The van der Waals surface area contributed by atoms with Gasteiger partial charge in [-0.25, -0.2) is 4.79 Å². The highest BCUT2D eigenvalue weighted by atomic mass is 35.5. The van der Waals surface area contributed by atoms with E-state index < -0.39 is 5.60 Å². The summed E-state index contributed by atoms with van der Waals surface area (Å²) in [5.41, 5.74) is 5.07. The molecule has 0 aromatic heterocycles. The summed E-state index contributed by atoms with van der Waals surface area (Å²) in [4.78, 5) is 11.2. The van der Waals surface area contributed by atoms with E-state index in [4.69, 9.17) is 10.5 Å². The Morgan fingerprint density at radius 1 is 1.47 bits per heavy atom. The fourth-order valence-corrected chi connectivity index (χ4v) is 1.38. The zero-order chi connectivity index (χ0) is 10.8. The van der Waals surface area contributed by atoms with Gasteiger partial charge in [-0.2, -0.15) is 0 Å². The van der Waals surface area contributed by atoms with Crippen LogP contribution in [-0.4, -0.2) is 24.8 Å². The van der Waals surface area contributed by atoms with Gasteiger partial charge in [-0.3, -0.25) is 0 Å². The Morgan fingerprint density at radius 3 is 2.47 bits per heavy atom. The zero-order valence-electron chi connectivity index (χ0n) is 9.58. The Morgan fingerprint density at radius 2 is 2.07 bits per heavy atom. The second-order valence-corrected chi connectivity index (χ2v) is 4.87. The number of alkyl carbamates (subject to hydrolysis) is 1. The van der Waals surface area contributed by atoms with Crippen LogP contribution in [0, 0.1) is 11.8 Å². The summed E-state index contributed by atoms with van der Waals surface area (Å²) in [6.07, 6.45) is 0.798. The van der Waals surface area contributed by atoms with E-state index in [1.54, 1.807) is 0 Å². The van der Waals surface area contributed by atoms with Crippen LogP contribution >= 0.6 is 12.4 Å². The fourth-order valence-electron chi connectivity index (χ4n) is 1.38. The van der Waals surface area contributed by atoms with E-state index in [1.165, 1.54) is 0 Å². The molecule has 2 atom stereocenters. The summed E-state index contributed by atoms with van der Waals surface area (Å²) in [5.74, 6) is 1.16. The van der Waals surface area contributed by atoms with Crippen LogP contribution in [-0.2, 0) is 4.74 Å². The topological polar surface area (TPSA) is 64.3 Å². The summed E-state index contributed by atoms with van der Waals surface area (Å²) in [5, 5.41) is 2.75. The van der Waals surface area contributed by atoms with Gasteiger partial charge >= 0.3 is 6.09 Å². The maximum absolute atomic E-state index is 11.2. The Hall–Kier alpha value is -0.480. The fraction of sp³-hybridized carbons (Fsp3) is 0.900. The van der Waals surface area contributed by atoms with Crippen molar-refractivity contribution in [1.82, 2.24) is 5.32 Å². The number of carbonyl (C=O) groups is 1. The number of nitrogens with two attached hydrogens (primary N) is 1. The van der Waals surface area contributed by atoms with Crippen LogP contribution in [0.5, 0.6) is 0 Å². The zero-order valence-corrected chi connectivity index (χ0v) is 10.4. The molecule has 1 saturated carbocycles. The molecule has 15 heavy (non-hydrogen) atoms. The number of ether oxygens (including phenoxy) is 1.